The maximum atomic E-state index is 14.3. The number of amides is 2. The molecule has 0 unspecified atom stereocenters. The minimum atomic E-state index is -0.237. The standard InChI is InChI=1S/C26H35FN4O3S2/c1-18-7-9-19(10-8-18)31(20-11-14-30(15-12-20)22-6-4-3-5-21(22)27)26(33)29-25-28-17-24(36-25)35-16-13-23(32)34-2/h3-6,17-20H,7-16H2,1-2H3,(H,28,29,33). The van der Waals surface area contributed by atoms with Crippen molar-refractivity contribution in [3.63, 3.8) is 0 Å². The van der Waals surface area contributed by atoms with Gasteiger partial charge in [0.05, 0.1) is 29.6 Å². The molecule has 1 aliphatic heterocycles. The van der Waals surface area contributed by atoms with Crippen LogP contribution in [0.15, 0.2) is 34.7 Å². The van der Waals surface area contributed by atoms with Crippen LogP contribution in [0, 0.1) is 11.7 Å². The molecule has 7 nitrogen and oxygen atoms in total. The van der Waals surface area contributed by atoms with Crippen molar-refractivity contribution in [2.45, 2.75) is 68.2 Å². The van der Waals surface area contributed by atoms with Crippen LogP contribution < -0.4 is 10.2 Å². The number of nitrogens with one attached hydrogen (secondary N) is 1. The van der Waals surface area contributed by atoms with Crippen molar-refractivity contribution in [3.8, 4) is 0 Å². The predicted octanol–water partition coefficient (Wildman–Crippen LogP) is 6.02. The molecule has 4 rings (SSSR count). The maximum absolute atomic E-state index is 14.3. The third-order valence-corrected chi connectivity index (χ3v) is 9.25. The van der Waals surface area contributed by atoms with Crippen LogP contribution in [0.1, 0.15) is 51.9 Å². The Labute approximate surface area is 220 Å². The van der Waals surface area contributed by atoms with Crippen LogP contribution >= 0.6 is 23.1 Å². The molecule has 36 heavy (non-hydrogen) atoms. The Morgan fingerprint density at radius 2 is 1.86 bits per heavy atom. The number of halogens is 1. The Kier molecular flexibility index (Phi) is 9.47. The van der Waals surface area contributed by atoms with Gasteiger partial charge in [-0.15, -0.1) is 11.8 Å². The number of nitrogens with zero attached hydrogens (tertiary/aromatic N) is 3. The molecule has 2 heterocycles. The number of hydrogen-bond acceptors (Lipinski definition) is 7. The molecule has 2 amide bonds. The van der Waals surface area contributed by atoms with E-state index in [2.05, 4.69) is 31.8 Å². The summed E-state index contributed by atoms with van der Waals surface area (Å²) in [5.74, 6) is 0.863. The third-order valence-electron chi connectivity index (χ3n) is 7.14. The quantitative estimate of drug-likeness (QED) is 0.330. The Morgan fingerprint density at radius 1 is 1.17 bits per heavy atom. The van der Waals surface area contributed by atoms with Gasteiger partial charge in [-0.05, 0) is 56.6 Å². The van der Waals surface area contributed by atoms with Crippen molar-refractivity contribution in [3.05, 3.63) is 36.3 Å². The normalized spacial score (nSPS) is 20.7. The summed E-state index contributed by atoms with van der Waals surface area (Å²) in [4.78, 5) is 33.5. The predicted molar refractivity (Wildman–Crippen MR) is 143 cm³/mol. The van der Waals surface area contributed by atoms with E-state index < -0.39 is 0 Å². The minimum absolute atomic E-state index is 0.0978. The van der Waals surface area contributed by atoms with E-state index in [1.807, 2.05) is 12.1 Å². The number of rotatable bonds is 8. The van der Waals surface area contributed by atoms with Gasteiger partial charge in [0.25, 0.3) is 0 Å². The molecule has 2 aliphatic rings. The second-order valence-electron chi connectivity index (χ2n) is 9.58. The van der Waals surface area contributed by atoms with Crippen LogP contribution in [0.3, 0.4) is 0 Å². The van der Waals surface area contributed by atoms with Crippen molar-refractivity contribution in [1.29, 1.82) is 0 Å². The Hall–Kier alpha value is -2.33. The fourth-order valence-electron chi connectivity index (χ4n) is 5.12. The number of para-hydroxylation sites is 1. The number of thioether (sulfide) groups is 1. The minimum Gasteiger partial charge on any atom is -0.469 e. The lowest BCUT2D eigenvalue weighted by Gasteiger charge is -2.44. The van der Waals surface area contributed by atoms with Gasteiger partial charge in [-0.25, -0.2) is 14.2 Å². The Balaban J connectivity index is 1.40. The number of esters is 1. The fourth-order valence-corrected chi connectivity index (χ4v) is 6.98. The maximum Gasteiger partial charge on any atom is 0.324 e. The summed E-state index contributed by atoms with van der Waals surface area (Å²) in [5, 5.41) is 3.61. The van der Waals surface area contributed by atoms with Crippen molar-refractivity contribution < 1.29 is 18.7 Å². The van der Waals surface area contributed by atoms with Gasteiger partial charge in [-0.1, -0.05) is 30.4 Å². The van der Waals surface area contributed by atoms with Crippen LogP contribution in [0.25, 0.3) is 0 Å². The first-order chi connectivity index (χ1) is 17.4. The highest BCUT2D eigenvalue weighted by Gasteiger charge is 2.35. The molecular formula is C26H35FN4O3S2. The van der Waals surface area contributed by atoms with Gasteiger partial charge in [0.15, 0.2) is 5.13 Å². The number of hydrogen-bond donors (Lipinski definition) is 1. The number of anilines is 2. The van der Waals surface area contributed by atoms with Gasteiger partial charge in [-0.3, -0.25) is 10.1 Å². The van der Waals surface area contributed by atoms with Gasteiger partial charge in [-0.2, -0.15) is 0 Å². The number of urea groups is 1. The number of piperidine rings is 1. The molecule has 1 aromatic carbocycles. The number of benzene rings is 1. The van der Waals surface area contributed by atoms with Crippen molar-refractivity contribution in [1.82, 2.24) is 9.88 Å². The lowest BCUT2D eigenvalue weighted by atomic mass is 9.85. The summed E-state index contributed by atoms with van der Waals surface area (Å²) in [6.07, 6.45) is 7.95. The lowest BCUT2D eigenvalue weighted by molar-refractivity contribution is -0.140. The second kappa shape index (κ2) is 12.8. The first-order valence-corrected chi connectivity index (χ1v) is 14.5. The number of aromatic nitrogens is 1. The molecule has 1 aromatic heterocycles. The smallest absolute Gasteiger partial charge is 0.324 e. The molecule has 1 saturated heterocycles. The zero-order valence-corrected chi connectivity index (χ0v) is 22.6. The largest absolute Gasteiger partial charge is 0.469 e. The van der Waals surface area contributed by atoms with Crippen molar-refractivity contribution in [2.24, 2.45) is 5.92 Å². The van der Waals surface area contributed by atoms with E-state index in [9.17, 15) is 14.0 Å². The fraction of sp³-hybridized carbons (Fsp3) is 0.577. The van der Waals surface area contributed by atoms with Crippen LogP contribution in [-0.2, 0) is 9.53 Å². The van der Waals surface area contributed by atoms with Gasteiger partial charge < -0.3 is 14.5 Å². The number of carbonyl (C=O) groups is 2. The summed E-state index contributed by atoms with van der Waals surface area (Å²) in [5.41, 5.74) is 0.637. The van der Waals surface area contributed by atoms with Crippen LogP contribution in [0.2, 0.25) is 0 Å². The zero-order chi connectivity index (χ0) is 25.5. The van der Waals surface area contributed by atoms with E-state index in [0.29, 0.717) is 28.9 Å². The number of methoxy groups -OCH3 is 1. The Morgan fingerprint density at radius 3 is 2.56 bits per heavy atom. The van der Waals surface area contributed by atoms with E-state index in [4.69, 9.17) is 0 Å². The molecule has 196 valence electrons. The molecule has 2 fully saturated rings. The third kappa shape index (κ3) is 6.91. The molecule has 1 aliphatic carbocycles. The van der Waals surface area contributed by atoms with E-state index in [1.165, 1.54) is 36.3 Å². The van der Waals surface area contributed by atoms with E-state index in [0.717, 1.165) is 55.8 Å². The van der Waals surface area contributed by atoms with Gasteiger partial charge >= 0.3 is 12.0 Å². The molecule has 0 spiro atoms. The van der Waals surface area contributed by atoms with Crippen molar-refractivity contribution >= 4 is 45.9 Å². The summed E-state index contributed by atoms with van der Waals surface area (Å²) < 4.78 is 20.0. The molecular weight excluding hydrogens is 499 g/mol. The van der Waals surface area contributed by atoms with Crippen molar-refractivity contribution in [2.75, 3.05) is 36.2 Å². The number of carbonyl (C=O) groups excluding carboxylic acids is 2. The molecule has 1 N–H and O–H groups in total. The average molecular weight is 535 g/mol. The van der Waals surface area contributed by atoms with Crippen LogP contribution in [0.5, 0.6) is 0 Å². The highest BCUT2D eigenvalue weighted by atomic mass is 32.2. The molecule has 0 bridgehead atoms. The summed E-state index contributed by atoms with van der Waals surface area (Å²) >= 11 is 2.95. The second-order valence-corrected chi connectivity index (χ2v) is 12.0. The zero-order valence-electron chi connectivity index (χ0n) is 21.0. The molecule has 0 atom stereocenters. The molecule has 10 heteroatoms. The summed E-state index contributed by atoms with van der Waals surface area (Å²) in [6.45, 7) is 3.72. The van der Waals surface area contributed by atoms with Gasteiger partial charge in [0.1, 0.15) is 5.82 Å². The molecule has 0 radical (unpaired) electrons. The van der Waals surface area contributed by atoms with Crippen LogP contribution in [-0.4, -0.2) is 59.9 Å². The first kappa shape index (κ1) is 26.7. The van der Waals surface area contributed by atoms with Gasteiger partial charge in [0, 0.05) is 30.9 Å². The molecule has 1 saturated carbocycles. The Bertz CT molecular complexity index is 1020. The van der Waals surface area contributed by atoms with Gasteiger partial charge in [0.2, 0.25) is 0 Å². The van der Waals surface area contributed by atoms with Crippen LogP contribution in [0.4, 0.5) is 20.0 Å². The topological polar surface area (TPSA) is 74.8 Å². The average Bonchev–Trinajstić information content (AvgIpc) is 3.33. The number of ether oxygens (including phenoxy) is 1. The van der Waals surface area contributed by atoms with E-state index >= 15 is 0 Å². The SMILES string of the molecule is COC(=O)CCSc1cnc(NC(=O)N(C2CCC(C)CC2)C2CCN(c3ccccc3F)CC2)s1. The summed E-state index contributed by atoms with van der Waals surface area (Å²) in [7, 11) is 1.38. The monoisotopic (exact) mass is 534 g/mol. The molecule has 2 aromatic rings. The van der Waals surface area contributed by atoms with E-state index in [1.54, 1.807) is 12.3 Å². The lowest BCUT2D eigenvalue weighted by Crippen LogP contribution is -2.54. The number of thiazole rings is 1. The highest BCUT2D eigenvalue weighted by Crippen LogP contribution is 2.34. The van der Waals surface area contributed by atoms with E-state index in [-0.39, 0.29) is 29.9 Å². The summed E-state index contributed by atoms with van der Waals surface area (Å²) in [6, 6.07) is 7.12. The highest BCUT2D eigenvalue weighted by molar-refractivity contribution is 8.01. The first-order valence-electron chi connectivity index (χ1n) is 12.7.